The molecule has 0 saturated heterocycles. The van der Waals surface area contributed by atoms with Crippen LogP contribution < -0.4 is 5.32 Å². The summed E-state index contributed by atoms with van der Waals surface area (Å²) in [5.41, 5.74) is 3.24. The van der Waals surface area contributed by atoms with Crippen molar-refractivity contribution in [2.45, 2.75) is 13.5 Å². The number of hydrogen-bond acceptors (Lipinski definition) is 5. The first kappa shape index (κ1) is 16.7. The molecule has 1 amide bonds. The fraction of sp³-hybridized carbons (Fsp3) is 0.100. The molecule has 0 fully saturated rings. The molecule has 4 aromatic rings. The number of amides is 1. The average Bonchev–Trinajstić information content (AvgIpc) is 3.32. The number of benzene rings is 2. The molecule has 2 aromatic carbocycles. The number of imidazole rings is 1. The Morgan fingerprint density at radius 2 is 2.00 bits per heavy atom. The predicted octanol–water partition coefficient (Wildman–Crippen LogP) is 3.55. The molecule has 1 N–H and O–H groups in total. The van der Waals surface area contributed by atoms with Crippen LogP contribution in [-0.4, -0.2) is 25.6 Å². The van der Waals surface area contributed by atoms with Gasteiger partial charge in [-0.15, -0.1) is 0 Å². The Hall–Kier alpha value is -3.74. The first-order valence-electron chi connectivity index (χ1n) is 8.45. The topological polar surface area (TPSA) is 85.8 Å². The van der Waals surface area contributed by atoms with E-state index in [0.29, 0.717) is 17.4 Å². The third-order valence-electron chi connectivity index (χ3n) is 3.94. The van der Waals surface area contributed by atoms with Crippen molar-refractivity contribution in [2.75, 3.05) is 5.32 Å². The average molecular weight is 359 g/mol. The molecule has 4 rings (SSSR count). The minimum atomic E-state index is -0.136. The van der Waals surface area contributed by atoms with Crippen molar-refractivity contribution in [1.82, 2.24) is 19.7 Å². The molecule has 0 atom stereocenters. The lowest BCUT2D eigenvalue weighted by atomic mass is 10.2. The largest absolute Gasteiger partial charge is 0.334 e. The van der Waals surface area contributed by atoms with Gasteiger partial charge in [0.15, 0.2) is 0 Å². The van der Waals surface area contributed by atoms with Crippen LogP contribution in [0.15, 0.2) is 71.6 Å². The summed E-state index contributed by atoms with van der Waals surface area (Å²) in [6.45, 7) is 2.12. The van der Waals surface area contributed by atoms with Gasteiger partial charge in [0.2, 0.25) is 11.7 Å². The number of carbonyl (C=O) groups excluding carboxylic acids is 1. The van der Waals surface area contributed by atoms with Gasteiger partial charge in [0.25, 0.3) is 5.89 Å². The summed E-state index contributed by atoms with van der Waals surface area (Å²) in [4.78, 5) is 20.9. The Bertz CT molecular complexity index is 1070. The Morgan fingerprint density at radius 1 is 1.15 bits per heavy atom. The number of carbonyl (C=O) groups is 1. The van der Waals surface area contributed by atoms with Crippen LogP contribution in [0.2, 0.25) is 0 Å². The van der Waals surface area contributed by atoms with Crippen LogP contribution in [0.4, 0.5) is 5.69 Å². The molecule has 2 heterocycles. The lowest BCUT2D eigenvalue weighted by molar-refractivity contribution is -0.116. The number of nitrogens with one attached hydrogen (secondary N) is 1. The number of rotatable bonds is 5. The van der Waals surface area contributed by atoms with E-state index in [-0.39, 0.29) is 12.5 Å². The third-order valence-corrected chi connectivity index (χ3v) is 3.94. The molecule has 0 saturated carbocycles. The van der Waals surface area contributed by atoms with E-state index in [2.05, 4.69) is 20.4 Å². The highest BCUT2D eigenvalue weighted by molar-refractivity contribution is 5.90. The number of aromatic nitrogens is 4. The lowest BCUT2D eigenvalue weighted by Gasteiger charge is -2.06. The van der Waals surface area contributed by atoms with Gasteiger partial charge in [0, 0.05) is 17.4 Å². The van der Waals surface area contributed by atoms with Gasteiger partial charge in [-0.2, -0.15) is 4.98 Å². The molecule has 27 heavy (non-hydrogen) atoms. The maximum Gasteiger partial charge on any atom is 0.258 e. The van der Waals surface area contributed by atoms with Crippen LogP contribution in [0.3, 0.4) is 0 Å². The highest BCUT2D eigenvalue weighted by Crippen LogP contribution is 2.20. The van der Waals surface area contributed by atoms with Gasteiger partial charge >= 0.3 is 0 Å². The van der Waals surface area contributed by atoms with E-state index in [1.807, 2.05) is 61.5 Å². The van der Waals surface area contributed by atoms with Crippen molar-refractivity contribution in [3.63, 3.8) is 0 Å². The van der Waals surface area contributed by atoms with E-state index < -0.39 is 0 Å². The van der Waals surface area contributed by atoms with Crippen LogP contribution in [0, 0.1) is 6.92 Å². The Morgan fingerprint density at radius 3 is 2.81 bits per heavy atom. The van der Waals surface area contributed by atoms with Gasteiger partial charge in [0.05, 0.1) is 6.33 Å². The van der Waals surface area contributed by atoms with Crippen LogP contribution in [0.25, 0.3) is 23.0 Å². The van der Waals surface area contributed by atoms with E-state index in [1.54, 1.807) is 17.1 Å². The van der Waals surface area contributed by atoms with Gasteiger partial charge in [-0.25, -0.2) is 4.98 Å². The molecule has 0 aliphatic rings. The smallest absolute Gasteiger partial charge is 0.258 e. The molecule has 0 radical (unpaired) electrons. The van der Waals surface area contributed by atoms with Crippen LogP contribution in [0.5, 0.6) is 0 Å². The molecule has 0 bridgehead atoms. The van der Waals surface area contributed by atoms with E-state index in [0.717, 1.165) is 16.8 Å². The number of anilines is 1. The minimum absolute atomic E-state index is 0.136. The quantitative estimate of drug-likeness (QED) is 0.589. The molecule has 7 nitrogen and oxygen atoms in total. The second-order valence-electron chi connectivity index (χ2n) is 6.14. The fourth-order valence-corrected chi connectivity index (χ4v) is 2.68. The molecule has 0 aliphatic carbocycles. The summed E-state index contributed by atoms with van der Waals surface area (Å²) in [6.07, 6.45) is 3.29. The molecule has 134 valence electrons. The van der Waals surface area contributed by atoms with Crippen LogP contribution >= 0.6 is 0 Å². The van der Waals surface area contributed by atoms with Gasteiger partial charge in [0.1, 0.15) is 12.2 Å². The van der Waals surface area contributed by atoms with E-state index in [1.165, 1.54) is 0 Å². The second kappa shape index (κ2) is 7.25. The highest BCUT2D eigenvalue weighted by atomic mass is 16.5. The van der Waals surface area contributed by atoms with Crippen molar-refractivity contribution in [3.05, 3.63) is 72.7 Å². The van der Waals surface area contributed by atoms with Crippen molar-refractivity contribution in [1.29, 1.82) is 0 Å². The maximum absolute atomic E-state index is 12.2. The summed E-state index contributed by atoms with van der Waals surface area (Å²) in [5.74, 6) is 0.673. The van der Waals surface area contributed by atoms with E-state index in [4.69, 9.17) is 4.52 Å². The Kier molecular flexibility index (Phi) is 4.49. The predicted molar refractivity (Wildman–Crippen MR) is 101 cm³/mol. The monoisotopic (exact) mass is 359 g/mol. The first-order valence-corrected chi connectivity index (χ1v) is 8.45. The molecular weight excluding hydrogens is 342 g/mol. The zero-order valence-corrected chi connectivity index (χ0v) is 14.7. The summed E-state index contributed by atoms with van der Waals surface area (Å²) in [5, 5.41) is 6.84. The second-order valence-corrected chi connectivity index (χ2v) is 6.14. The standard InChI is InChI=1S/C20H17N5O2/c1-14-6-5-9-16(10-14)22-18(26)12-25-11-17(21-13-25)19-23-20(27-24-19)15-7-3-2-4-8-15/h2-11,13H,12H2,1H3,(H,22,26). The number of nitrogens with zero attached hydrogens (tertiary/aromatic N) is 4. The molecule has 0 unspecified atom stereocenters. The van der Waals surface area contributed by atoms with Gasteiger partial charge in [-0.1, -0.05) is 35.5 Å². The summed E-state index contributed by atoms with van der Waals surface area (Å²) in [7, 11) is 0. The zero-order chi connectivity index (χ0) is 18.6. The van der Waals surface area contributed by atoms with Gasteiger partial charge < -0.3 is 14.4 Å². The molecule has 0 spiro atoms. The Labute approximate surface area is 155 Å². The molecule has 7 heteroatoms. The summed E-state index contributed by atoms with van der Waals surface area (Å²) < 4.78 is 6.98. The van der Waals surface area contributed by atoms with Crippen molar-refractivity contribution in [2.24, 2.45) is 0 Å². The summed E-state index contributed by atoms with van der Waals surface area (Å²) >= 11 is 0. The van der Waals surface area contributed by atoms with Crippen molar-refractivity contribution >= 4 is 11.6 Å². The number of hydrogen-bond donors (Lipinski definition) is 1. The van der Waals surface area contributed by atoms with Gasteiger partial charge in [-0.3, -0.25) is 4.79 Å². The fourth-order valence-electron chi connectivity index (χ4n) is 2.68. The molecule has 2 aromatic heterocycles. The lowest BCUT2D eigenvalue weighted by Crippen LogP contribution is -2.17. The van der Waals surface area contributed by atoms with E-state index >= 15 is 0 Å². The van der Waals surface area contributed by atoms with Crippen LogP contribution in [-0.2, 0) is 11.3 Å². The zero-order valence-electron chi connectivity index (χ0n) is 14.7. The maximum atomic E-state index is 12.2. The Balaban J connectivity index is 1.44. The highest BCUT2D eigenvalue weighted by Gasteiger charge is 2.13. The van der Waals surface area contributed by atoms with Crippen molar-refractivity contribution < 1.29 is 9.32 Å². The van der Waals surface area contributed by atoms with E-state index in [9.17, 15) is 4.79 Å². The minimum Gasteiger partial charge on any atom is -0.334 e. The third kappa shape index (κ3) is 3.92. The summed E-state index contributed by atoms with van der Waals surface area (Å²) in [6, 6.07) is 17.2. The number of aryl methyl sites for hydroxylation is 1. The SMILES string of the molecule is Cc1cccc(NC(=O)Cn2cnc(-c3noc(-c4ccccc4)n3)c2)c1. The molecule has 0 aliphatic heterocycles. The van der Waals surface area contributed by atoms with Crippen LogP contribution in [0.1, 0.15) is 5.56 Å². The van der Waals surface area contributed by atoms with Crippen molar-refractivity contribution in [3.8, 4) is 23.0 Å². The molecular formula is C20H17N5O2. The normalized spacial score (nSPS) is 10.7. The van der Waals surface area contributed by atoms with Gasteiger partial charge in [-0.05, 0) is 36.8 Å². The first-order chi connectivity index (χ1) is 13.2.